The molecule has 1 aromatic carbocycles. The van der Waals surface area contributed by atoms with E-state index in [4.69, 9.17) is 0 Å². The fraction of sp³-hybridized carbons (Fsp3) is 0.222. The Balaban J connectivity index is 1.57. The minimum absolute atomic E-state index is 0.0879. The Bertz CT molecular complexity index is 1010. The Morgan fingerprint density at radius 1 is 1.12 bits per heavy atom. The lowest BCUT2D eigenvalue weighted by Gasteiger charge is -2.16. The summed E-state index contributed by atoms with van der Waals surface area (Å²) >= 11 is 0. The molecule has 0 aliphatic rings. The van der Waals surface area contributed by atoms with Crippen LogP contribution in [0.3, 0.4) is 0 Å². The number of hydrogen-bond acceptors (Lipinski definition) is 5. The Morgan fingerprint density at radius 2 is 1.92 bits per heavy atom. The highest BCUT2D eigenvalue weighted by Gasteiger charge is 2.11. The molecule has 4 aromatic rings. The predicted molar refractivity (Wildman–Crippen MR) is 95.9 cm³/mol. The van der Waals surface area contributed by atoms with Gasteiger partial charge < -0.3 is 5.32 Å². The number of nitrogens with one attached hydrogen (secondary N) is 1. The van der Waals surface area contributed by atoms with Crippen LogP contribution in [0.1, 0.15) is 29.9 Å². The lowest BCUT2D eigenvalue weighted by Crippen LogP contribution is -2.09. The molecule has 0 radical (unpaired) electrons. The average molecular weight is 333 g/mol. The zero-order valence-electron chi connectivity index (χ0n) is 14.4. The number of rotatable bonds is 4. The summed E-state index contributed by atoms with van der Waals surface area (Å²) in [5, 5.41) is 16.0. The molecule has 0 unspecified atom stereocenters. The summed E-state index contributed by atoms with van der Waals surface area (Å²) in [5.41, 5.74) is 5.07. The molecule has 7 heteroatoms. The van der Waals surface area contributed by atoms with Crippen LogP contribution >= 0.6 is 0 Å². The summed E-state index contributed by atoms with van der Waals surface area (Å²) in [5.74, 6) is 0.718. The van der Waals surface area contributed by atoms with Gasteiger partial charge in [0, 0.05) is 18.1 Å². The van der Waals surface area contributed by atoms with Crippen molar-refractivity contribution in [1.29, 1.82) is 0 Å². The minimum atomic E-state index is 0.0879. The van der Waals surface area contributed by atoms with Gasteiger partial charge in [0.2, 0.25) is 5.65 Å². The van der Waals surface area contributed by atoms with E-state index in [2.05, 4.69) is 69.8 Å². The molecule has 7 nitrogen and oxygen atoms in total. The van der Waals surface area contributed by atoms with Crippen molar-refractivity contribution >= 4 is 11.5 Å². The van der Waals surface area contributed by atoms with Crippen molar-refractivity contribution in [1.82, 2.24) is 29.4 Å². The molecule has 4 rings (SSSR count). The van der Waals surface area contributed by atoms with Crippen LogP contribution in [-0.4, -0.2) is 29.4 Å². The smallest absolute Gasteiger partial charge is 0.203 e. The van der Waals surface area contributed by atoms with Crippen LogP contribution in [0, 0.1) is 13.8 Å². The van der Waals surface area contributed by atoms with Gasteiger partial charge in [-0.2, -0.15) is 5.10 Å². The molecule has 0 saturated heterocycles. The standard InChI is InChI=1S/C18H19N7/c1-12-10-13(2)25(23-12)16-6-4-15(5-7-16)14(3)21-17-18-22-20-11-24(18)9-8-19-17/h4-11,14H,1-3H3,(H,19,21)/t14-/m0/s1. The van der Waals surface area contributed by atoms with Gasteiger partial charge in [0.15, 0.2) is 5.82 Å². The van der Waals surface area contributed by atoms with Gasteiger partial charge in [0.05, 0.1) is 17.4 Å². The fourth-order valence-corrected chi connectivity index (χ4v) is 2.94. The van der Waals surface area contributed by atoms with Gasteiger partial charge >= 0.3 is 0 Å². The highest BCUT2D eigenvalue weighted by molar-refractivity contribution is 5.62. The first kappa shape index (κ1) is 15.3. The third-order valence-corrected chi connectivity index (χ3v) is 4.22. The first-order chi connectivity index (χ1) is 12.1. The molecule has 1 N–H and O–H groups in total. The number of anilines is 1. The monoisotopic (exact) mass is 333 g/mol. The summed E-state index contributed by atoms with van der Waals surface area (Å²) < 4.78 is 3.80. The number of hydrogen-bond donors (Lipinski definition) is 1. The second kappa shape index (κ2) is 6.01. The van der Waals surface area contributed by atoms with Crippen LogP contribution in [0.25, 0.3) is 11.3 Å². The van der Waals surface area contributed by atoms with E-state index in [0.29, 0.717) is 5.65 Å². The van der Waals surface area contributed by atoms with Crippen LogP contribution in [0.15, 0.2) is 49.1 Å². The maximum Gasteiger partial charge on any atom is 0.203 e. The highest BCUT2D eigenvalue weighted by Crippen LogP contribution is 2.21. The van der Waals surface area contributed by atoms with E-state index in [-0.39, 0.29) is 6.04 Å². The normalized spacial score (nSPS) is 12.4. The number of benzene rings is 1. The SMILES string of the molecule is Cc1cc(C)n(-c2ccc([C@H](C)Nc3nccn4cnnc34)cc2)n1. The van der Waals surface area contributed by atoms with E-state index in [1.807, 2.05) is 22.2 Å². The third-order valence-electron chi connectivity index (χ3n) is 4.22. The molecule has 3 aromatic heterocycles. The maximum absolute atomic E-state index is 4.52. The number of aryl methyl sites for hydroxylation is 2. The predicted octanol–water partition coefficient (Wildman–Crippen LogP) is 3.10. The molecule has 1 atom stereocenters. The highest BCUT2D eigenvalue weighted by atomic mass is 15.3. The van der Waals surface area contributed by atoms with E-state index < -0.39 is 0 Å². The van der Waals surface area contributed by atoms with Crippen LogP contribution in [-0.2, 0) is 0 Å². The fourth-order valence-electron chi connectivity index (χ4n) is 2.94. The lowest BCUT2D eigenvalue weighted by molar-refractivity contribution is 0.827. The molecule has 0 saturated carbocycles. The molecule has 0 fully saturated rings. The molecule has 0 aliphatic carbocycles. The Morgan fingerprint density at radius 3 is 2.64 bits per heavy atom. The molecule has 3 heterocycles. The summed E-state index contributed by atoms with van der Waals surface area (Å²) in [4.78, 5) is 4.38. The van der Waals surface area contributed by atoms with E-state index in [1.54, 1.807) is 12.5 Å². The molecular weight excluding hydrogens is 314 g/mol. The van der Waals surface area contributed by atoms with Crippen molar-refractivity contribution in [3.63, 3.8) is 0 Å². The first-order valence-electron chi connectivity index (χ1n) is 8.16. The second-order valence-electron chi connectivity index (χ2n) is 6.13. The zero-order chi connectivity index (χ0) is 17.4. The molecule has 126 valence electrons. The molecule has 0 spiro atoms. The van der Waals surface area contributed by atoms with E-state index in [0.717, 1.165) is 28.5 Å². The van der Waals surface area contributed by atoms with E-state index in [9.17, 15) is 0 Å². The van der Waals surface area contributed by atoms with Gasteiger partial charge in [0.1, 0.15) is 6.33 Å². The Kier molecular flexibility index (Phi) is 3.68. The van der Waals surface area contributed by atoms with Crippen molar-refractivity contribution in [3.8, 4) is 5.69 Å². The van der Waals surface area contributed by atoms with Crippen LogP contribution in [0.5, 0.6) is 0 Å². The Labute approximate surface area is 145 Å². The van der Waals surface area contributed by atoms with E-state index in [1.165, 1.54) is 0 Å². The van der Waals surface area contributed by atoms with Gasteiger partial charge in [-0.3, -0.25) is 4.40 Å². The molecule has 0 aliphatic heterocycles. The lowest BCUT2D eigenvalue weighted by atomic mass is 10.1. The van der Waals surface area contributed by atoms with Gasteiger partial charge in [-0.05, 0) is 44.5 Å². The van der Waals surface area contributed by atoms with Crippen molar-refractivity contribution in [2.75, 3.05) is 5.32 Å². The third kappa shape index (κ3) is 2.84. The molecular formula is C18H19N7. The summed E-state index contributed by atoms with van der Waals surface area (Å²) in [6.45, 7) is 6.16. The van der Waals surface area contributed by atoms with Crippen LogP contribution < -0.4 is 5.32 Å². The number of aromatic nitrogens is 6. The molecule has 0 bridgehead atoms. The van der Waals surface area contributed by atoms with Gasteiger partial charge in [-0.1, -0.05) is 12.1 Å². The van der Waals surface area contributed by atoms with Crippen LogP contribution in [0.2, 0.25) is 0 Å². The average Bonchev–Trinajstić information content (AvgIpc) is 3.21. The summed E-state index contributed by atoms with van der Waals surface area (Å²) in [6.07, 6.45) is 5.22. The van der Waals surface area contributed by atoms with Gasteiger partial charge in [0.25, 0.3) is 0 Å². The number of fused-ring (bicyclic) bond motifs is 1. The van der Waals surface area contributed by atoms with Gasteiger partial charge in [-0.25, -0.2) is 9.67 Å². The zero-order valence-corrected chi connectivity index (χ0v) is 14.4. The summed E-state index contributed by atoms with van der Waals surface area (Å²) in [7, 11) is 0. The maximum atomic E-state index is 4.52. The minimum Gasteiger partial charge on any atom is -0.360 e. The first-order valence-corrected chi connectivity index (χ1v) is 8.16. The number of nitrogens with zero attached hydrogens (tertiary/aromatic N) is 6. The largest absolute Gasteiger partial charge is 0.360 e. The van der Waals surface area contributed by atoms with Crippen LogP contribution in [0.4, 0.5) is 5.82 Å². The van der Waals surface area contributed by atoms with Gasteiger partial charge in [-0.15, -0.1) is 10.2 Å². The summed E-state index contributed by atoms with van der Waals surface area (Å²) in [6, 6.07) is 10.5. The van der Waals surface area contributed by atoms with Crippen molar-refractivity contribution in [3.05, 3.63) is 66.0 Å². The Hall–Kier alpha value is -3.22. The molecule has 25 heavy (non-hydrogen) atoms. The van der Waals surface area contributed by atoms with Crippen molar-refractivity contribution < 1.29 is 0 Å². The van der Waals surface area contributed by atoms with Crippen molar-refractivity contribution in [2.45, 2.75) is 26.8 Å². The molecule has 0 amide bonds. The second-order valence-corrected chi connectivity index (χ2v) is 6.13. The quantitative estimate of drug-likeness (QED) is 0.621. The van der Waals surface area contributed by atoms with Crippen molar-refractivity contribution in [2.24, 2.45) is 0 Å². The van der Waals surface area contributed by atoms with E-state index >= 15 is 0 Å². The topological polar surface area (TPSA) is 72.9 Å².